The SMILES string of the molecule is CC(C)(CC(O)(Cc1cc2cc(N3CCCCC3)ncc2[nH]1)C(F)(F)F)c1cc(S(C)(=O)=O)cc2c1OCC2. The van der Waals surface area contributed by atoms with Crippen LogP contribution in [0, 0.1) is 0 Å². The van der Waals surface area contributed by atoms with Crippen molar-refractivity contribution in [1.29, 1.82) is 0 Å². The first-order chi connectivity index (χ1) is 18.2. The standard InChI is InChI=1S/C28H34F3N3O4S/c1-26(2,22-14-21(39(3,36)37)12-18-7-10-38-25(18)22)17-27(35,28(29,30)31)15-20-11-19-13-24(32-16-23(19)33-20)34-8-5-4-6-9-34/h11-14,16,33,35H,4-10,15,17H2,1-3H3. The zero-order valence-electron chi connectivity index (χ0n) is 22.4. The molecule has 0 saturated carbocycles. The number of halogens is 3. The number of anilines is 1. The number of rotatable bonds is 7. The van der Waals surface area contributed by atoms with E-state index in [0.29, 0.717) is 35.4 Å². The molecule has 1 aromatic carbocycles. The number of benzene rings is 1. The summed E-state index contributed by atoms with van der Waals surface area (Å²) >= 11 is 0. The molecule has 7 nitrogen and oxygen atoms in total. The third-order valence-electron chi connectivity index (χ3n) is 7.89. The van der Waals surface area contributed by atoms with Gasteiger partial charge in [0.1, 0.15) is 11.6 Å². The predicted octanol–water partition coefficient (Wildman–Crippen LogP) is 5.10. The molecule has 2 N–H and O–H groups in total. The van der Waals surface area contributed by atoms with Gasteiger partial charge in [-0.15, -0.1) is 0 Å². The van der Waals surface area contributed by atoms with Gasteiger partial charge in [0, 0.05) is 48.8 Å². The molecule has 1 atom stereocenters. The zero-order valence-corrected chi connectivity index (χ0v) is 23.2. The number of aliphatic hydroxyl groups is 1. The first-order valence-electron chi connectivity index (χ1n) is 13.2. The smallest absolute Gasteiger partial charge is 0.417 e. The number of ether oxygens (including phenoxy) is 1. The van der Waals surface area contributed by atoms with Gasteiger partial charge in [-0.25, -0.2) is 13.4 Å². The van der Waals surface area contributed by atoms with Crippen LogP contribution in [0.4, 0.5) is 19.0 Å². The Morgan fingerprint density at radius 1 is 1.10 bits per heavy atom. The van der Waals surface area contributed by atoms with Gasteiger partial charge in [-0.05, 0) is 60.9 Å². The van der Waals surface area contributed by atoms with Crippen LogP contribution in [0.25, 0.3) is 10.9 Å². The molecule has 1 unspecified atom stereocenters. The third kappa shape index (κ3) is 5.48. The summed E-state index contributed by atoms with van der Waals surface area (Å²) in [7, 11) is -3.61. The molecule has 212 valence electrons. The summed E-state index contributed by atoms with van der Waals surface area (Å²) in [6.07, 6.45) is 0.146. The largest absolute Gasteiger partial charge is 0.493 e. The second-order valence-corrected chi connectivity index (χ2v) is 13.6. The van der Waals surface area contributed by atoms with E-state index < -0.39 is 39.9 Å². The number of hydrogen-bond donors (Lipinski definition) is 2. The number of pyridine rings is 1. The lowest BCUT2D eigenvalue weighted by molar-refractivity contribution is -0.266. The monoisotopic (exact) mass is 565 g/mol. The highest BCUT2D eigenvalue weighted by molar-refractivity contribution is 7.90. The normalized spacial score (nSPS) is 18.2. The van der Waals surface area contributed by atoms with Crippen LogP contribution in [-0.4, -0.2) is 61.2 Å². The molecule has 1 saturated heterocycles. The van der Waals surface area contributed by atoms with E-state index in [4.69, 9.17) is 4.74 Å². The van der Waals surface area contributed by atoms with Gasteiger partial charge < -0.3 is 19.7 Å². The van der Waals surface area contributed by atoms with E-state index in [1.165, 1.54) is 18.6 Å². The number of hydrogen-bond acceptors (Lipinski definition) is 6. The molecule has 0 bridgehead atoms. The molecule has 1 fully saturated rings. The molecule has 2 aromatic heterocycles. The fraction of sp³-hybridized carbons (Fsp3) is 0.536. The van der Waals surface area contributed by atoms with E-state index in [1.54, 1.807) is 26.1 Å². The molecule has 0 spiro atoms. The van der Waals surface area contributed by atoms with Crippen molar-refractivity contribution in [3.8, 4) is 5.75 Å². The van der Waals surface area contributed by atoms with E-state index in [0.717, 1.165) is 43.4 Å². The molecular formula is C28H34F3N3O4S. The van der Waals surface area contributed by atoms with Crippen LogP contribution in [0.5, 0.6) is 5.75 Å². The number of nitrogens with one attached hydrogen (secondary N) is 1. The van der Waals surface area contributed by atoms with Gasteiger partial charge in [0.25, 0.3) is 0 Å². The van der Waals surface area contributed by atoms with Crippen molar-refractivity contribution >= 4 is 26.6 Å². The minimum Gasteiger partial charge on any atom is -0.493 e. The summed E-state index contributed by atoms with van der Waals surface area (Å²) in [5.41, 5.74) is -2.54. The lowest BCUT2D eigenvalue weighted by atomic mass is 9.73. The molecule has 3 aromatic rings. The Hall–Kier alpha value is -2.79. The summed E-state index contributed by atoms with van der Waals surface area (Å²) in [6.45, 7) is 5.26. The van der Waals surface area contributed by atoms with Gasteiger partial charge in [0.15, 0.2) is 15.4 Å². The van der Waals surface area contributed by atoms with Crippen LogP contribution >= 0.6 is 0 Å². The molecule has 0 radical (unpaired) electrons. The Balaban J connectivity index is 1.48. The van der Waals surface area contributed by atoms with Crippen molar-refractivity contribution in [3.63, 3.8) is 0 Å². The second-order valence-electron chi connectivity index (χ2n) is 11.6. The number of nitrogens with zero attached hydrogens (tertiary/aromatic N) is 2. The van der Waals surface area contributed by atoms with Crippen LogP contribution in [0.3, 0.4) is 0 Å². The van der Waals surface area contributed by atoms with Gasteiger partial charge in [0.2, 0.25) is 0 Å². The molecule has 4 heterocycles. The number of sulfone groups is 1. The lowest BCUT2D eigenvalue weighted by Gasteiger charge is -2.38. The number of alkyl halides is 3. The summed E-state index contributed by atoms with van der Waals surface area (Å²) in [5.74, 6) is 1.19. The number of aromatic amines is 1. The first kappa shape index (κ1) is 27.8. The maximum Gasteiger partial charge on any atom is 0.417 e. The van der Waals surface area contributed by atoms with Crippen LogP contribution in [0.1, 0.15) is 56.4 Å². The van der Waals surface area contributed by atoms with Gasteiger partial charge in [-0.3, -0.25) is 0 Å². The molecular weight excluding hydrogens is 531 g/mol. The maximum absolute atomic E-state index is 14.5. The molecule has 5 rings (SSSR count). The van der Waals surface area contributed by atoms with Gasteiger partial charge in [-0.1, -0.05) is 13.8 Å². The molecule has 0 amide bonds. The van der Waals surface area contributed by atoms with Gasteiger partial charge in [-0.2, -0.15) is 13.2 Å². The van der Waals surface area contributed by atoms with Crippen molar-refractivity contribution in [1.82, 2.24) is 9.97 Å². The average molecular weight is 566 g/mol. The van der Waals surface area contributed by atoms with E-state index in [2.05, 4.69) is 14.9 Å². The topological polar surface area (TPSA) is 95.5 Å². The zero-order chi connectivity index (χ0) is 28.2. The van der Waals surface area contributed by atoms with Crippen molar-refractivity contribution in [2.45, 2.75) is 74.5 Å². The molecule has 39 heavy (non-hydrogen) atoms. The van der Waals surface area contributed by atoms with Crippen molar-refractivity contribution in [2.24, 2.45) is 0 Å². The summed E-state index contributed by atoms with van der Waals surface area (Å²) in [6, 6.07) is 6.41. The Morgan fingerprint density at radius 2 is 1.82 bits per heavy atom. The second kappa shape index (κ2) is 9.69. The fourth-order valence-electron chi connectivity index (χ4n) is 5.87. The Bertz CT molecular complexity index is 1490. The molecule has 2 aliphatic rings. The highest BCUT2D eigenvalue weighted by atomic mass is 32.2. The van der Waals surface area contributed by atoms with Gasteiger partial charge >= 0.3 is 6.18 Å². The minimum atomic E-state index is -4.95. The fourth-order valence-corrected chi connectivity index (χ4v) is 6.56. The van der Waals surface area contributed by atoms with Crippen molar-refractivity contribution < 1.29 is 31.4 Å². The molecule has 2 aliphatic heterocycles. The minimum absolute atomic E-state index is 0.0259. The number of aromatic nitrogens is 2. The molecule has 0 aliphatic carbocycles. The van der Waals surface area contributed by atoms with Crippen molar-refractivity contribution in [2.75, 3.05) is 30.9 Å². The lowest BCUT2D eigenvalue weighted by Crippen LogP contribution is -2.51. The van der Waals surface area contributed by atoms with Crippen LogP contribution in [0.2, 0.25) is 0 Å². The van der Waals surface area contributed by atoms with E-state index in [1.807, 2.05) is 6.07 Å². The van der Waals surface area contributed by atoms with Crippen molar-refractivity contribution in [3.05, 3.63) is 47.3 Å². The third-order valence-corrected chi connectivity index (χ3v) is 8.98. The van der Waals surface area contributed by atoms with Crippen LogP contribution in [0.15, 0.2) is 35.4 Å². The Kier molecular flexibility index (Phi) is 6.90. The summed E-state index contributed by atoms with van der Waals surface area (Å²) in [4.78, 5) is 9.70. The first-order valence-corrected chi connectivity index (χ1v) is 15.1. The van der Waals surface area contributed by atoms with E-state index >= 15 is 0 Å². The quantitative estimate of drug-likeness (QED) is 0.414. The predicted molar refractivity (Wildman–Crippen MR) is 143 cm³/mol. The van der Waals surface area contributed by atoms with Crippen LogP contribution < -0.4 is 9.64 Å². The Morgan fingerprint density at radius 3 is 2.49 bits per heavy atom. The summed E-state index contributed by atoms with van der Waals surface area (Å²) < 4.78 is 74.0. The Labute approximate surface area is 226 Å². The van der Waals surface area contributed by atoms with Gasteiger partial charge in [0.05, 0.1) is 23.2 Å². The van der Waals surface area contributed by atoms with E-state index in [9.17, 15) is 26.7 Å². The number of piperidine rings is 1. The highest BCUT2D eigenvalue weighted by Crippen LogP contribution is 2.47. The van der Waals surface area contributed by atoms with E-state index in [-0.39, 0.29) is 10.6 Å². The maximum atomic E-state index is 14.5. The summed E-state index contributed by atoms with van der Waals surface area (Å²) in [5, 5.41) is 12.0. The van der Waals surface area contributed by atoms with Crippen LogP contribution in [-0.2, 0) is 28.1 Å². The number of fused-ring (bicyclic) bond motifs is 2. The number of H-pyrrole nitrogens is 1. The molecule has 11 heteroatoms. The average Bonchev–Trinajstić information content (AvgIpc) is 3.48. The highest BCUT2D eigenvalue weighted by Gasteiger charge is 2.56.